The van der Waals surface area contributed by atoms with Crippen LogP contribution in [0, 0.1) is 6.92 Å². The Morgan fingerprint density at radius 2 is 2.24 bits per heavy atom. The molecule has 6 heteroatoms. The van der Waals surface area contributed by atoms with Crippen LogP contribution in [0.5, 0.6) is 0 Å². The first-order valence-electron chi connectivity index (χ1n) is 6.40. The first-order valence-corrected chi connectivity index (χ1v) is 8.16. The van der Waals surface area contributed by atoms with Gasteiger partial charge in [-0.05, 0) is 30.0 Å². The van der Waals surface area contributed by atoms with Crippen molar-refractivity contribution >= 4 is 28.6 Å². The summed E-state index contributed by atoms with van der Waals surface area (Å²) in [6.07, 6.45) is 3.61. The number of amides is 1. The van der Waals surface area contributed by atoms with E-state index >= 15 is 0 Å². The number of rotatable bonds is 4. The molecule has 3 aromatic heterocycles. The second-order valence-corrected chi connectivity index (χ2v) is 6.31. The molecule has 3 heterocycles. The van der Waals surface area contributed by atoms with Gasteiger partial charge in [0, 0.05) is 29.4 Å². The zero-order valence-electron chi connectivity index (χ0n) is 11.4. The molecule has 3 rings (SSSR count). The number of carbonyl (C=O) groups is 1. The minimum absolute atomic E-state index is 0.0865. The summed E-state index contributed by atoms with van der Waals surface area (Å²) in [5.74, 6) is -0.0865. The maximum Gasteiger partial charge on any atom is 0.263 e. The van der Waals surface area contributed by atoms with Gasteiger partial charge in [-0.15, -0.1) is 22.7 Å². The predicted molar refractivity (Wildman–Crippen MR) is 85.6 cm³/mol. The number of aryl methyl sites for hydroxylation is 1. The van der Waals surface area contributed by atoms with E-state index in [1.807, 2.05) is 24.6 Å². The lowest BCUT2D eigenvalue weighted by Gasteiger charge is -2.05. The summed E-state index contributed by atoms with van der Waals surface area (Å²) in [7, 11) is 0. The molecule has 106 valence electrons. The predicted octanol–water partition coefficient (Wildman–Crippen LogP) is 3.51. The Hall–Kier alpha value is -2.05. The summed E-state index contributed by atoms with van der Waals surface area (Å²) in [6, 6.07) is 6.13. The molecule has 0 saturated heterocycles. The lowest BCUT2D eigenvalue weighted by atomic mass is 10.2. The number of hydrogen-bond donors (Lipinski definition) is 1. The van der Waals surface area contributed by atoms with Gasteiger partial charge in [-0.3, -0.25) is 9.78 Å². The first-order chi connectivity index (χ1) is 10.2. The molecule has 0 unspecified atom stereocenters. The maximum atomic E-state index is 12.1. The van der Waals surface area contributed by atoms with Gasteiger partial charge in [0.2, 0.25) is 0 Å². The number of carbonyl (C=O) groups excluding carboxylic acids is 1. The largest absolute Gasteiger partial charge is 0.347 e. The number of nitrogens with zero attached hydrogens (tertiary/aromatic N) is 2. The van der Waals surface area contributed by atoms with Crippen molar-refractivity contribution in [2.24, 2.45) is 0 Å². The molecule has 1 N–H and O–H groups in total. The third kappa shape index (κ3) is 3.17. The zero-order valence-corrected chi connectivity index (χ0v) is 13.0. The summed E-state index contributed by atoms with van der Waals surface area (Å²) in [5.41, 5.74) is 4.51. The van der Waals surface area contributed by atoms with E-state index < -0.39 is 0 Å². The van der Waals surface area contributed by atoms with Crippen LogP contribution in [0.3, 0.4) is 0 Å². The molecule has 21 heavy (non-hydrogen) atoms. The number of nitrogens with one attached hydrogen (secondary N) is 1. The van der Waals surface area contributed by atoms with Gasteiger partial charge in [-0.1, -0.05) is 6.07 Å². The Labute approximate surface area is 130 Å². The molecule has 0 fully saturated rings. The van der Waals surface area contributed by atoms with Crippen LogP contribution in [-0.4, -0.2) is 15.9 Å². The fourth-order valence-corrected chi connectivity index (χ4v) is 3.37. The van der Waals surface area contributed by atoms with E-state index in [4.69, 9.17) is 0 Å². The molecule has 0 aliphatic heterocycles. The standard InChI is InChI=1S/C15H13N3OS2/c1-10-14(21-9-18-10)15(19)17-7-11-5-12(8-16-6-11)13-3-2-4-20-13/h2-6,8-9H,7H2,1H3,(H,17,19). The number of thiazole rings is 1. The second kappa shape index (κ2) is 6.15. The third-order valence-electron chi connectivity index (χ3n) is 3.01. The third-order valence-corrected chi connectivity index (χ3v) is 4.85. The van der Waals surface area contributed by atoms with Crippen molar-refractivity contribution in [3.63, 3.8) is 0 Å². The van der Waals surface area contributed by atoms with Gasteiger partial charge in [0.25, 0.3) is 5.91 Å². The summed E-state index contributed by atoms with van der Waals surface area (Å²) in [5, 5.41) is 4.95. The Morgan fingerprint density at radius 1 is 1.33 bits per heavy atom. The minimum atomic E-state index is -0.0865. The number of hydrogen-bond acceptors (Lipinski definition) is 5. The van der Waals surface area contributed by atoms with Crippen molar-refractivity contribution in [1.29, 1.82) is 0 Å². The molecule has 0 saturated carbocycles. The lowest BCUT2D eigenvalue weighted by molar-refractivity contribution is 0.0954. The molecule has 0 aromatic carbocycles. The van der Waals surface area contributed by atoms with Crippen molar-refractivity contribution < 1.29 is 4.79 Å². The van der Waals surface area contributed by atoms with Crippen molar-refractivity contribution in [3.8, 4) is 10.4 Å². The summed E-state index contributed by atoms with van der Waals surface area (Å²) < 4.78 is 0. The SMILES string of the molecule is Cc1ncsc1C(=O)NCc1cncc(-c2cccs2)c1. The fourth-order valence-electron chi connectivity index (χ4n) is 1.94. The zero-order chi connectivity index (χ0) is 14.7. The molecular weight excluding hydrogens is 302 g/mol. The van der Waals surface area contributed by atoms with Gasteiger partial charge in [-0.2, -0.15) is 0 Å². The Bertz CT molecular complexity index is 750. The van der Waals surface area contributed by atoms with E-state index in [1.165, 1.54) is 16.2 Å². The Morgan fingerprint density at radius 3 is 2.95 bits per heavy atom. The summed E-state index contributed by atoms with van der Waals surface area (Å²) in [6.45, 7) is 2.30. The van der Waals surface area contributed by atoms with E-state index in [2.05, 4.69) is 27.4 Å². The maximum absolute atomic E-state index is 12.1. The van der Waals surface area contributed by atoms with E-state index in [-0.39, 0.29) is 5.91 Å². The van der Waals surface area contributed by atoms with Gasteiger partial charge in [0.15, 0.2) is 0 Å². The highest BCUT2D eigenvalue weighted by Gasteiger charge is 2.11. The molecule has 0 aliphatic carbocycles. The molecule has 0 atom stereocenters. The Kier molecular flexibility index (Phi) is 4.08. The Balaban J connectivity index is 1.70. The van der Waals surface area contributed by atoms with E-state index in [1.54, 1.807) is 23.0 Å². The summed E-state index contributed by atoms with van der Waals surface area (Å²) >= 11 is 3.03. The van der Waals surface area contributed by atoms with E-state index in [0.29, 0.717) is 11.4 Å². The lowest BCUT2D eigenvalue weighted by Crippen LogP contribution is -2.22. The minimum Gasteiger partial charge on any atom is -0.347 e. The van der Waals surface area contributed by atoms with Crippen LogP contribution in [-0.2, 0) is 6.54 Å². The van der Waals surface area contributed by atoms with Crippen molar-refractivity contribution in [2.75, 3.05) is 0 Å². The first kappa shape index (κ1) is 13.9. The molecule has 4 nitrogen and oxygen atoms in total. The van der Waals surface area contributed by atoms with Crippen molar-refractivity contribution in [2.45, 2.75) is 13.5 Å². The van der Waals surface area contributed by atoms with Gasteiger partial charge in [-0.25, -0.2) is 4.98 Å². The monoisotopic (exact) mass is 315 g/mol. The average molecular weight is 315 g/mol. The average Bonchev–Trinajstić information content (AvgIpc) is 3.16. The van der Waals surface area contributed by atoms with Crippen LogP contribution in [0.1, 0.15) is 20.9 Å². The fraction of sp³-hybridized carbons (Fsp3) is 0.133. The van der Waals surface area contributed by atoms with Gasteiger partial charge < -0.3 is 5.32 Å². The molecule has 1 amide bonds. The van der Waals surface area contributed by atoms with Gasteiger partial charge >= 0.3 is 0 Å². The number of pyridine rings is 1. The van der Waals surface area contributed by atoms with Crippen molar-refractivity contribution in [1.82, 2.24) is 15.3 Å². The molecule has 3 aromatic rings. The second-order valence-electron chi connectivity index (χ2n) is 4.51. The van der Waals surface area contributed by atoms with Gasteiger partial charge in [0.05, 0.1) is 11.2 Å². The van der Waals surface area contributed by atoms with E-state index in [9.17, 15) is 4.79 Å². The van der Waals surface area contributed by atoms with Crippen LogP contribution in [0.15, 0.2) is 41.5 Å². The topological polar surface area (TPSA) is 54.9 Å². The van der Waals surface area contributed by atoms with Crippen molar-refractivity contribution in [3.05, 3.63) is 57.6 Å². The highest BCUT2D eigenvalue weighted by Crippen LogP contribution is 2.24. The van der Waals surface area contributed by atoms with Crippen LogP contribution in [0.4, 0.5) is 0 Å². The number of thiophene rings is 1. The normalized spacial score (nSPS) is 10.5. The van der Waals surface area contributed by atoms with Crippen LogP contribution >= 0.6 is 22.7 Å². The van der Waals surface area contributed by atoms with Crippen LogP contribution in [0.25, 0.3) is 10.4 Å². The number of aromatic nitrogens is 2. The van der Waals surface area contributed by atoms with Crippen LogP contribution in [0.2, 0.25) is 0 Å². The van der Waals surface area contributed by atoms with E-state index in [0.717, 1.165) is 16.8 Å². The molecule has 0 spiro atoms. The molecular formula is C15H13N3OS2. The molecule has 0 radical (unpaired) electrons. The molecule has 0 bridgehead atoms. The summed E-state index contributed by atoms with van der Waals surface area (Å²) in [4.78, 5) is 22.2. The van der Waals surface area contributed by atoms with Gasteiger partial charge in [0.1, 0.15) is 4.88 Å². The highest BCUT2D eigenvalue weighted by atomic mass is 32.1. The highest BCUT2D eigenvalue weighted by molar-refractivity contribution is 7.13. The van der Waals surface area contributed by atoms with Crippen LogP contribution < -0.4 is 5.32 Å². The smallest absolute Gasteiger partial charge is 0.263 e. The molecule has 0 aliphatic rings. The quantitative estimate of drug-likeness (QED) is 0.801.